The van der Waals surface area contributed by atoms with Gasteiger partial charge in [-0.1, -0.05) is 17.7 Å². The number of nitrogens with zero attached hydrogens (tertiary/aromatic N) is 1. The lowest BCUT2D eigenvalue weighted by Gasteiger charge is -2.34. The summed E-state index contributed by atoms with van der Waals surface area (Å²) in [5, 5.41) is 9.72. The van der Waals surface area contributed by atoms with E-state index in [0.29, 0.717) is 10.6 Å². The molecule has 0 atom stereocenters. The second-order valence-corrected chi connectivity index (χ2v) is 4.78. The number of carbonyl (C=O) groups is 1. The largest absolute Gasteiger partial charge is 0.394 e. The summed E-state index contributed by atoms with van der Waals surface area (Å²) in [7, 11) is 1.67. The lowest BCUT2D eigenvalue weighted by Crippen LogP contribution is -2.47. The molecule has 1 aromatic carbocycles. The van der Waals surface area contributed by atoms with Gasteiger partial charge in [-0.15, -0.1) is 0 Å². The number of rotatable bonds is 3. The minimum absolute atomic E-state index is 0.0875. The Labute approximate surface area is 101 Å². The monoisotopic (exact) mass is 241 g/mol. The van der Waals surface area contributed by atoms with Crippen LogP contribution in [0.1, 0.15) is 24.2 Å². The second kappa shape index (κ2) is 4.85. The van der Waals surface area contributed by atoms with E-state index in [-0.39, 0.29) is 12.5 Å². The average molecular weight is 242 g/mol. The van der Waals surface area contributed by atoms with Crippen molar-refractivity contribution in [3.8, 4) is 0 Å². The number of likely N-dealkylation sites (N-methyl/N-ethyl adjacent to an activating group) is 1. The van der Waals surface area contributed by atoms with Crippen LogP contribution >= 0.6 is 11.6 Å². The second-order valence-electron chi connectivity index (χ2n) is 4.35. The van der Waals surface area contributed by atoms with Crippen molar-refractivity contribution >= 4 is 17.5 Å². The highest BCUT2D eigenvalue weighted by Crippen LogP contribution is 2.17. The van der Waals surface area contributed by atoms with Crippen LogP contribution in [-0.2, 0) is 0 Å². The van der Waals surface area contributed by atoms with E-state index in [1.807, 2.05) is 0 Å². The Kier molecular flexibility index (Phi) is 3.94. The van der Waals surface area contributed by atoms with Gasteiger partial charge in [0.2, 0.25) is 0 Å². The normalized spacial score (nSPS) is 11.3. The van der Waals surface area contributed by atoms with Crippen LogP contribution < -0.4 is 0 Å². The predicted molar refractivity (Wildman–Crippen MR) is 64.7 cm³/mol. The Morgan fingerprint density at radius 1 is 1.50 bits per heavy atom. The minimum Gasteiger partial charge on any atom is -0.394 e. The Balaban J connectivity index is 2.95. The fourth-order valence-corrected chi connectivity index (χ4v) is 1.39. The molecule has 0 aliphatic heterocycles. The summed E-state index contributed by atoms with van der Waals surface area (Å²) >= 11 is 5.82. The van der Waals surface area contributed by atoms with E-state index in [1.54, 1.807) is 45.2 Å². The molecule has 0 bridgehead atoms. The van der Waals surface area contributed by atoms with E-state index >= 15 is 0 Å². The van der Waals surface area contributed by atoms with Gasteiger partial charge in [0.25, 0.3) is 5.91 Å². The number of carbonyl (C=O) groups excluding carboxylic acids is 1. The molecule has 1 amide bonds. The van der Waals surface area contributed by atoms with Crippen LogP contribution in [0.5, 0.6) is 0 Å². The Bertz CT molecular complexity index is 390. The zero-order chi connectivity index (χ0) is 12.3. The van der Waals surface area contributed by atoms with Crippen molar-refractivity contribution < 1.29 is 9.90 Å². The first kappa shape index (κ1) is 13.0. The number of hydrogen-bond acceptors (Lipinski definition) is 2. The summed E-state index contributed by atoms with van der Waals surface area (Å²) < 4.78 is 0. The van der Waals surface area contributed by atoms with Gasteiger partial charge >= 0.3 is 0 Å². The molecule has 0 saturated heterocycles. The fourth-order valence-electron chi connectivity index (χ4n) is 1.20. The number of aliphatic hydroxyl groups excluding tert-OH is 1. The van der Waals surface area contributed by atoms with Gasteiger partial charge in [-0.2, -0.15) is 0 Å². The Morgan fingerprint density at radius 2 is 2.12 bits per heavy atom. The summed E-state index contributed by atoms with van der Waals surface area (Å²) in [5.41, 5.74) is -0.0594. The number of halogens is 1. The molecular formula is C12H16ClNO2. The van der Waals surface area contributed by atoms with Crippen molar-refractivity contribution in [3.05, 3.63) is 34.9 Å². The predicted octanol–water partition coefficient (Wildman–Crippen LogP) is 2.18. The van der Waals surface area contributed by atoms with Crippen molar-refractivity contribution in [1.29, 1.82) is 0 Å². The van der Waals surface area contributed by atoms with Gasteiger partial charge in [-0.05, 0) is 32.0 Å². The Morgan fingerprint density at radius 3 is 2.62 bits per heavy atom. The van der Waals surface area contributed by atoms with Gasteiger partial charge < -0.3 is 10.0 Å². The first-order valence-corrected chi connectivity index (χ1v) is 5.41. The number of hydrogen-bond donors (Lipinski definition) is 1. The first-order chi connectivity index (χ1) is 7.38. The molecule has 4 heteroatoms. The highest BCUT2D eigenvalue weighted by atomic mass is 35.5. The van der Waals surface area contributed by atoms with E-state index < -0.39 is 5.54 Å². The topological polar surface area (TPSA) is 40.5 Å². The molecule has 0 fully saturated rings. The van der Waals surface area contributed by atoms with Crippen LogP contribution in [0.25, 0.3) is 0 Å². The van der Waals surface area contributed by atoms with Crippen molar-refractivity contribution in [2.24, 2.45) is 0 Å². The standard InChI is InChI=1S/C12H16ClNO2/c1-12(2,8-15)14(3)11(16)9-5-4-6-10(13)7-9/h4-7,15H,8H2,1-3H3. The molecule has 1 N–H and O–H groups in total. The van der Waals surface area contributed by atoms with E-state index in [9.17, 15) is 9.90 Å². The maximum atomic E-state index is 12.1. The van der Waals surface area contributed by atoms with E-state index in [2.05, 4.69) is 0 Å². The van der Waals surface area contributed by atoms with Crippen molar-refractivity contribution in [1.82, 2.24) is 4.90 Å². The summed E-state index contributed by atoms with van der Waals surface area (Å²) in [5.74, 6) is -0.151. The van der Waals surface area contributed by atoms with E-state index in [4.69, 9.17) is 11.6 Å². The lowest BCUT2D eigenvalue weighted by atomic mass is 10.0. The maximum Gasteiger partial charge on any atom is 0.254 e. The SMILES string of the molecule is CN(C(=O)c1cccc(Cl)c1)C(C)(C)CO. The molecule has 0 unspecified atom stereocenters. The number of benzene rings is 1. The summed E-state index contributed by atoms with van der Waals surface area (Å²) in [6, 6.07) is 6.77. The molecule has 88 valence electrons. The third kappa shape index (κ3) is 2.74. The van der Waals surface area contributed by atoms with Crippen LogP contribution in [-0.4, -0.2) is 35.1 Å². The number of aliphatic hydroxyl groups is 1. The van der Waals surface area contributed by atoms with Crippen LogP contribution in [0, 0.1) is 0 Å². The van der Waals surface area contributed by atoms with Gasteiger partial charge in [0.1, 0.15) is 0 Å². The van der Waals surface area contributed by atoms with Crippen molar-refractivity contribution in [3.63, 3.8) is 0 Å². The van der Waals surface area contributed by atoms with Crippen molar-refractivity contribution in [2.75, 3.05) is 13.7 Å². The van der Waals surface area contributed by atoms with Crippen LogP contribution in [0.15, 0.2) is 24.3 Å². The molecule has 0 radical (unpaired) electrons. The summed E-state index contributed by atoms with van der Waals surface area (Å²) in [4.78, 5) is 13.6. The van der Waals surface area contributed by atoms with Crippen molar-refractivity contribution in [2.45, 2.75) is 19.4 Å². The molecule has 0 saturated carbocycles. The smallest absolute Gasteiger partial charge is 0.254 e. The molecule has 0 spiro atoms. The average Bonchev–Trinajstić information content (AvgIpc) is 2.27. The highest BCUT2D eigenvalue weighted by molar-refractivity contribution is 6.30. The van der Waals surface area contributed by atoms with E-state index in [0.717, 1.165) is 0 Å². The van der Waals surface area contributed by atoms with Gasteiger partial charge in [-0.3, -0.25) is 4.79 Å². The zero-order valence-electron chi connectivity index (χ0n) is 9.70. The summed E-state index contributed by atoms with van der Waals surface area (Å²) in [6.07, 6.45) is 0. The zero-order valence-corrected chi connectivity index (χ0v) is 10.5. The molecule has 1 aromatic rings. The van der Waals surface area contributed by atoms with Gasteiger partial charge in [-0.25, -0.2) is 0 Å². The van der Waals surface area contributed by atoms with Crippen LogP contribution in [0.2, 0.25) is 5.02 Å². The number of amides is 1. The Hall–Kier alpha value is -1.06. The van der Waals surface area contributed by atoms with Gasteiger partial charge in [0.15, 0.2) is 0 Å². The molecule has 16 heavy (non-hydrogen) atoms. The summed E-state index contributed by atoms with van der Waals surface area (Å²) in [6.45, 7) is 3.51. The molecule has 0 aliphatic carbocycles. The molecule has 0 aromatic heterocycles. The molecule has 1 rings (SSSR count). The maximum absolute atomic E-state index is 12.1. The van der Waals surface area contributed by atoms with Gasteiger partial charge in [0.05, 0.1) is 12.1 Å². The van der Waals surface area contributed by atoms with Gasteiger partial charge in [0, 0.05) is 17.6 Å². The first-order valence-electron chi connectivity index (χ1n) is 5.03. The highest BCUT2D eigenvalue weighted by Gasteiger charge is 2.27. The molecule has 0 aliphatic rings. The quantitative estimate of drug-likeness (QED) is 0.881. The molecule has 0 heterocycles. The van der Waals surface area contributed by atoms with E-state index in [1.165, 1.54) is 4.90 Å². The van der Waals surface area contributed by atoms with Crippen LogP contribution in [0.3, 0.4) is 0 Å². The van der Waals surface area contributed by atoms with Crippen LogP contribution in [0.4, 0.5) is 0 Å². The molecule has 3 nitrogen and oxygen atoms in total. The third-order valence-corrected chi connectivity index (χ3v) is 2.91. The minimum atomic E-state index is -0.584. The lowest BCUT2D eigenvalue weighted by molar-refractivity contribution is 0.0473. The fraction of sp³-hybridized carbons (Fsp3) is 0.417. The third-order valence-electron chi connectivity index (χ3n) is 2.67. The molecular weight excluding hydrogens is 226 g/mol.